The van der Waals surface area contributed by atoms with E-state index in [1.54, 1.807) is 0 Å². The average Bonchev–Trinajstić information content (AvgIpc) is 2.31. The van der Waals surface area contributed by atoms with Gasteiger partial charge in [-0.3, -0.25) is 4.90 Å². The predicted octanol–water partition coefficient (Wildman–Crippen LogP) is 2.02. The molecule has 0 aliphatic carbocycles. The van der Waals surface area contributed by atoms with Crippen molar-refractivity contribution in [2.45, 2.75) is 32.6 Å². The Morgan fingerprint density at radius 1 is 1.42 bits per heavy atom. The van der Waals surface area contributed by atoms with Crippen molar-refractivity contribution in [2.75, 3.05) is 19.6 Å². The minimum atomic E-state index is 0.621. The number of likely N-dealkylation sites (tertiary alicyclic amines) is 1. The van der Waals surface area contributed by atoms with Crippen molar-refractivity contribution < 1.29 is 0 Å². The molecular weight excluding hydrogens is 148 g/mol. The topological polar surface area (TPSA) is 27.0 Å². The predicted molar refractivity (Wildman–Crippen MR) is 49.7 cm³/mol. The zero-order chi connectivity index (χ0) is 8.81. The van der Waals surface area contributed by atoms with Gasteiger partial charge in [-0.2, -0.15) is 5.26 Å². The fourth-order valence-electron chi connectivity index (χ4n) is 1.89. The average molecular weight is 166 g/mol. The van der Waals surface area contributed by atoms with Crippen LogP contribution in [0, 0.1) is 17.2 Å². The molecule has 2 heteroatoms. The van der Waals surface area contributed by atoms with Gasteiger partial charge in [0.15, 0.2) is 0 Å². The first kappa shape index (κ1) is 9.54. The van der Waals surface area contributed by atoms with Crippen molar-refractivity contribution in [1.82, 2.24) is 4.90 Å². The van der Waals surface area contributed by atoms with Crippen molar-refractivity contribution in [2.24, 2.45) is 5.92 Å². The summed E-state index contributed by atoms with van der Waals surface area (Å²) >= 11 is 0. The molecule has 1 aliphatic heterocycles. The van der Waals surface area contributed by atoms with Crippen molar-refractivity contribution in [3.05, 3.63) is 0 Å². The zero-order valence-corrected chi connectivity index (χ0v) is 7.92. The Bertz CT molecular complexity index is 160. The van der Waals surface area contributed by atoms with Crippen LogP contribution in [0.25, 0.3) is 0 Å². The van der Waals surface area contributed by atoms with Crippen molar-refractivity contribution >= 4 is 0 Å². The van der Waals surface area contributed by atoms with E-state index < -0.39 is 0 Å². The maximum Gasteiger partial charge on any atom is 0.0865 e. The molecular formula is C10H18N2. The molecule has 12 heavy (non-hydrogen) atoms. The molecule has 1 unspecified atom stereocenters. The van der Waals surface area contributed by atoms with E-state index in [4.69, 9.17) is 5.26 Å². The zero-order valence-electron chi connectivity index (χ0n) is 7.92. The summed E-state index contributed by atoms with van der Waals surface area (Å²) in [5.74, 6) is 0.911. The summed E-state index contributed by atoms with van der Waals surface area (Å²) < 4.78 is 0. The van der Waals surface area contributed by atoms with Crippen LogP contribution in [0.15, 0.2) is 0 Å². The Morgan fingerprint density at radius 3 is 2.92 bits per heavy atom. The standard InChI is InChI=1S/C10H18N2/c1-2-10-4-3-7-12(8-5-10)9-6-11/h10H,2-5,7-9H2,1H3. The summed E-state index contributed by atoms with van der Waals surface area (Å²) in [6.07, 6.45) is 5.23. The van der Waals surface area contributed by atoms with Gasteiger partial charge < -0.3 is 0 Å². The minimum Gasteiger partial charge on any atom is -0.291 e. The van der Waals surface area contributed by atoms with Gasteiger partial charge in [0.25, 0.3) is 0 Å². The van der Waals surface area contributed by atoms with Gasteiger partial charge in [0.05, 0.1) is 12.6 Å². The molecule has 1 rings (SSSR count). The molecule has 0 aromatic rings. The van der Waals surface area contributed by atoms with E-state index in [1.807, 2.05) is 0 Å². The Balaban J connectivity index is 2.30. The van der Waals surface area contributed by atoms with Crippen LogP contribution >= 0.6 is 0 Å². The highest BCUT2D eigenvalue weighted by Gasteiger charge is 2.14. The molecule has 0 radical (unpaired) electrons. The lowest BCUT2D eigenvalue weighted by atomic mass is 9.98. The summed E-state index contributed by atoms with van der Waals surface area (Å²) in [5.41, 5.74) is 0. The number of nitrogens with zero attached hydrogens (tertiary/aromatic N) is 2. The molecule has 0 N–H and O–H groups in total. The van der Waals surface area contributed by atoms with Crippen LogP contribution in [0.1, 0.15) is 32.6 Å². The number of hydrogen-bond donors (Lipinski definition) is 0. The molecule has 1 fully saturated rings. The third-order valence-electron chi connectivity index (χ3n) is 2.81. The van der Waals surface area contributed by atoms with Crippen LogP contribution in [0.4, 0.5) is 0 Å². The second-order valence-electron chi connectivity index (χ2n) is 3.64. The molecule has 0 aromatic carbocycles. The van der Waals surface area contributed by atoms with Gasteiger partial charge in [-0.25, -0.2) is 0 Å². The highest BCUT2D eigenvalue weighted by atomic mass is 15.1. The lowest BCUT2D eigenvalue weighted by Gasteiger charge is -2.15. The second-order valence-corrected chi connectivity index (χ2v) is 3.64. The molecule has 1 atom stereocenters. The summed E-state index contributed by atoms with van der Waals surface area (Å²) in [6, 6.07) is 2.22. The van der Waals surface area contributed by atoms with Gasteiger partial charge in [-0.1, -0.05) is 13.3 Å². The monoisotopic (exact) mass is 166 g/mol. The van der Waals surface area contributed by atoms with Crippen LogP contribution in [-0.4, -0.2) is 24.5 Å². The maximum atomic E-state index is 8.54. The Hall–Kier alpha value is -0.550. The van der Waals surface area contributed by atoms with Gasteiger partial charge in [0, 0.05) is 0 Å². The molecule has 0 saturated carbocycles. The van der Waals surface area contributed by atoms with E-state index in [-0.39, 0.29) is 0 Å². The molecule has 0 aromatic heterocycles. The third-order valence-corrected chi connectivity index (χ3v) is 2.81. The first-order valence-corrected chi connectivity index (χ1v) is 4.96. The van der Waals surface area contributed by atoms with Crippen LogP contribution in [0.2, 0.25) is 0 Å². The normalized spacial score (nSPS) is 26.2. The summed E-state index contributed by atoms with van der Waals surface area (Å²) in [5, 5.41) is 8.54. The van der Waals surface area contributed by atoms with E-state index in [2.05, 4.69) is 17.9 Å². The maximum absolute atomic E-state index is 8.54. The van der Waals surface area contributed by atoms with Crippen molar-refractivity contribution in [3.63, 3.8) is 0 Å². The third kappa shape index (κ3) is 2.83. The first-order chi connectivity index (χ1) is 5.86. The fourth-order valence-corrected chi connectivity index (χ4v) is 1.89. The van der Waals surface area contributed by atoms with E-state index in [1.165, 1.54) is 25.7 Å². The van der Waals surface area contributed by atoms with Gasteiger partial charge >= 0.3 is 0 Å². The van der Waals surface area contributed by atoms with Gasteiger partial charge in [-0.15, -0.1) is 0 Å². The van der Waals surface area contributed by atoms with E-state index >= 15 is 0 Å². The molecule has 1 heterocycles. The molecule has 1 saturated heterocycles. The van der Waals surface area contributed by atoms with Gasteiger partial charge in [-0.05, 0) is 38.3 Å². The molecule has 2 nitrogen and oxygen atoms in total. The Morgan fingerprint density at radius 2 is 2.25 bits per heavy atom. The fraction of sp³-hybridized carbons (Fsp3) is 0.900. The second kappa shape index (κ2) is 5.16. The Kier molecular flexibility index (Phi) is 4.10. The van der Waals surface area contributed by atoms with Gasteiger partial charge in [0.2, 0.25) is 0 Å². The number of nitriles is 1. The summed E-state index contributed by atoms with van der Waals surface area (Å²) in [7, 11) is 0. The van der Waals surface area contributed by atoms with E-state index in [0.29, 0.717) is 6.54 Å². The highest BCUT2D eigenvalue weighted by molar-refractivity contribution is 4.78. The van der Waals surface area contributed by atoms with Crippen LogP contribution < -0.4 is 0 Å². The van der Waals surface area contributed by atoms with Gasteiger partial charge in [0.1, 0.15) is 0 Å². The van der Waals surface area contributed by atoms with Crippen LogP contribution in [0.5, 0.6) is 0 Å². The molecule has 1 aliphatic rings. The van der Waals surface area contributed by atoms with Crippen LogP contribution in [0.3, 0.4) is 0 Å². The molecule has 0 spiro atoms. The molecule has 0 amide bonds. The SMILES string of the molecule is CCC1CCCN(CC#N)CC1. The number of rotatable bonds is 2. The van der Waals surface area contributed by atoms with E-state index in [0.717, 1.165) is 19.0 Å². The Labute approximate surface area is 75.2 Å². The van der Waals surface area contributed by atoms with E-state index in [9.17, 15) is 0 Å². The number of hydrogen-bond acceptors (Lipinski definition) is 2. The minimum absolute atomic E-state index is 0.621. The summed E-state index contributed by atoms with van der Waals surface area (Å²) in [6.45, 7) is 5.15. The first-order valence-electron chi connectivity index (χ1n) is 4.96. The smallest absolute Gasteiger partial charge is 0.0865 e. The molecule has 0 bridgehead atoms. The largest absolute Gasteiger partial charge is 0.291 e. The quantitative estimate of drug-likeness (QED) is 0.587. The lowest BCUT2D eigenvalue weighted by Crippen LogP contribution is -2.24. The lowest BCUT2D eigenvalue weighted by molar-refractivity contribution is 0.312. The highest BCUT2D eigenvalue weighted by Crippen LogP contribution is 2.19. The van der Waals surface area contributed by atoms with Crippen LogP contribution in [-0.2, 0) is 0 Å². The van der Waals surface area contributed by atoms with Crippen molar-refractivity contribution in [1.29, 1.82) is 5.26 Å². The van der Waals surface area contributed by atoms with Crippen molar-refractivity contribution in [3.8, 4) is 6.07 Å². The molecule has 68 valence electrons. The summed E-state index contributed by atoms with van der Waals surface area (Å²) in [4.78, 5) is 2.27.